The average molecular weight is 255 g/mol. The summed E-state index contributed by atoms with van der Waals surface area (Å²) in [5.74, 6) is 1.82. The van der Waals surface area contributed by atoms with Crippen LogP contribution in [0.5, 0.6) is 0 Å². The fourth-order valence-electron chi connectivity index (χ4n) is 2.84. The third-order valence-electron chi connectivity index (χ3n) is 4.34. The van der Waals surface area contributed by atoms with Gasteiger partial charge in [-0.2, -0.15) is 0 Å². The van der Waals surface area contributed by atoms with Gasteiger partial charge >= 0.3 is 0 Å². The van der Waals surface area contributed by atoms with Gasteiger partial charge in [0.1, 0.15) is 0 Å². The third-order valence-corrected chi connectivity index (χ3v) is 4.34. The summed E-state index contributed by atoms with van der Waals surface area (Å²) in [4.78, 5) is 0. The molecule has 1 saturated carbocycles. The topological polar surface area (TPSA) is 30.5 Å². The molecule has 18 heavy (non-hydrogen) atoms. The summed E-state index contributed by atoms with van der Waals surface area (Å²) in [6, 6.07) is 0.774. The van der Waals surface area contributed by atoms with Crippen LogP contribution in [0.4, 0.5) is 0 Å². The van der Waals surface area contributed by atoms with Crippen LogP contribution in [0.1, 0.15) is 46.0 Å². The lowest BCUT2D eigenvalue weighted by Gasteiger charge is -2.38. The van der Waals surface area contributed by atoms with Crippen molar-refractivity contribution in [3.8, 4) is 0 Å². The lowest BCUT2D eigenvalue weighted by atomic mass is 9.74. The first-order chi connectivity index (χ1) is 8.75. The largest absolute Gasteiger partial charge is 0.379 e. The van der Waals surface area contributed by atoms with Gasteiger partial charge in [0.2, 0.25) is 0 Å². The zero-order valence-electron chi connectivity index (χ0n) is 12.0. The van der Waals surface area contributed by atoms with E-state index in [0.717, 1.165) is 50.7 Å². The summed E-state index contributed by atoms with van der Waals surface area (Å²) in [6.45, 7) is 8.35. The molecule has 1 N–H and O–H groups in total. The van der Waals surface area contributed by atoms with Gasteiger partial charge in [-0.15, -0.1) is 0 Å². The van der Waals surface area contributed by atoms with Gasteiger partial charge in [0.25, 0.3) is 0 Å². The predicted octanol–water partition coefficient (Wildman–Crippen LogP) is 2.60. The lowest BCUT2D eigenvalue weighted by Crippen LogP contribution is -2.43. The molecule has 1 aliphatic carbocycles. The highest BCUT2D eigenvalue weighted by atomic mass is 16.5. The molecule has 1 atom stereocenters. The zero-order valence-corrected chi connectivity index (χ0v) is 12.0. The van der Waals surface area contributed by atoms with Gasteiger partial charge in [-0.05, 0) is 50.5 Å². The van der Waals surface area contributed by atoms with E-state index in [4.69, 9.17) is 9.47 Å². The first kappa shape index (κ1) is 14.3. The molecule has 1 unspecified atom stereocenters. The summed E-state index contributed by atoms with van der Waals surface area (Å²) in [5.41, 5.74) is 0. The molecule has 2 rings (SSSR count). The van der Waals surface area contributed by atoms with Crippen LogP contribution in [-0.2, 0) is 9.47 Å². The predicted molar refractivity (Wildman–Crippen MR) is 73.8 cm³/mol. The van der Waals surface area contributed by atoms with E-state index in [1.54, 1.807) is 0 Å². The minimum absolute atomic E-state index is 0.372. The Bertz CT molecular complexity index is 221. The van der Waals surface area contributed by atoms with E-state index in [9.17, 15) is 0 Å². The van der Waals surface area contributed by atoms with Gasteiger partial charge in [-0.3, -0.25) is 0 Å². The molecule has 0 aromatic rings. The van der Waals surface area contributed by atoms with E-state index < -0.39 is 0 Å². The van der Waals surface area contributed by atoms with Crippen LogP contribution in [0, 0.1) is 11.8 Å². The normalized spacial score (nSPS) is 31.8. The van der Waals surface area contributed by atoms with Crippen LogP contribution in [-0.4, -0.2) is 38.5 Å². The average Bonchev–Trinajstić information content (AvgIpc) is 2.77. The molecule has 1 heterocycles. The summed E-state index contributed by atoms with van der Waals surface area (Å²) in [6.07, 6.45) is 6.61. The van der Waals surface area contributed by atoms with Crippen LogP contribution in [0.3, 0.4) is 0 Å². The first-order valence-electron chi connectivity index (χ1n) is 7.68. The Morgan fingerprint density at radius 2 is 2.17 bits per heavy atom. The first-order valence-corrected chi connectivity index (χ1v) is 7.68. The van der Waals surface area contributed by atoms with Crippen molar-refractivity contribution in [2.24, 2.45) is 11.8 Å². The number of nitrogens with one attached hydrogen (secondary N) is 1. The highest BCUT2D eigenvalue weighted by Crippen LogP contribution is 2.33. The zero-order chi connectivity index (χ0) is 12.8. The van der Waals surface area contributed by atoms with Crippen molar-refractivity contribution in [1.82, 2.24) is 5.32 Å². The Morgan fingerprint density at radius 1 is 1.33 bits per heavy atom. The van der Waals surface area contributed by atoms with E-state index >= 15 is 0 Å². The molecule has 3 heteroatoms. The van der Waals surface area contributed by atoms with Crippen molar-refractivity contribution < 1.29 is 9.47 Å². The van der Waals surface area contributed by atoms with Gasteiger partial charge in [-0.25, -0.2) is 0 Å². The van der Waals surface area contributed by atoms with E-state index in [0.29, 0.717) is 6.10 Å². The Labute approximate surface area is 112 Å². The smallest absolute Gasteiger partial charge is 0.0809 e. The summed E-state index contributed by atoms with van der Waals surface area (Å²) in [7, 11) is 0. The molecular formula is C15H29NO2. The Hall–Kier alpha value is -0.120. The van der Waals surface area contributed by atoms with Crippen LogP contribution < -0.4 is 5.32 Å². The van der Waals surface area contributed by atoms with Crippen molar-refractivity contribution in [3.05, 3.63) is 0 Å². The third kappa shape index (κ3) is 4.52. The van der Waals surface area contributed by atoms with E-state index in [1.165, 1.54) is 25.7 Å². The van der Waals surface area contributed by atoms with Gasteiger partial charge in [-0.1, -0.05) is 13.8 Å². The molecule has 2 aliphatic rings. The number of hydrogen-bond donors (Lipinski definition) is 1. The van der Waals surface area contributed by atoms with E-state index in [1.807, 2.05) is 0 Å². The Balaban J connectivity index is 1.36. The molecule has 0 aromatic heterocycles. The van der Waals surface area contributed by atoms with Crippen molar-refractivity contribution in [1.29, 1.82) is 0 Å². The molecular weight excluding hydrogens is 226 g/mol. The van der Waals surface area contributed by atoms with Gasteiger partial charge in [0, 0.05) is 19.3 Å². The molecule has 0 radical (unpaired) electrons. The molecule has 2 fully saturated rings. The second-order valence-electron chi connectivity index (χ2n) is 6.19. The monoisotopic (exact) mass is 255 g/mol. The molecule has 1 aliphatic heterocycles. The molecule has 3 nitrogen and oxygen atoms in total. The molecule has 0 bridgehead atoms. The highest BCUT2D eigenvalue weighted by molar-refractivity contribution is 4.86. The number of hydrogen-bond acceptors (Lipinski definition) is 3. The fraction of sp³-hybridized carbons (Fsp3) is 1.00. The van der Waals surface area contributed by atoms with E-state index in [2.05, 4.69) is 19.2 Å². The Kier molecular flexibility index (Phi) is 5.93. The standard InChI is InChI=1S/C15H29NO2/c1-12(2)13-9-14(10-13)16-6-4-7-17-11-15-5-3-8-18-15/h12-16H,3-11H2,1-2H3. The molecule has 0 spiro atoms. The van der Waals surface area contributed by atoms with Crippen molar-refractivity contribution in [2.75, 3.05) is 26.4 Å². The van der Waals surface area contributed by atoms with Crippen molar-refractivity contribution in [2.45, 2.75) is 58.1 Å². The summed E-state index contributed by atoms with van der Waals surface area (Å²) >= 11 is 0. The van der Waals surface area contributed by atoms with Gasteiger partial charge < -0.3 is 14.8 Å². The van der Waals surface area contributed by atoms with Crippen LogP contribution in [0.2, 0.25) is 0 Å². The summed E-state index contributed by atoms with van der Waals surface area (Å²) in [5, 5.41) is 3.62. The maximum absolute atomic E-state index is 5.65. The number of rotatable bonds is 8. The van der Waals surface area contributed by atoms with Crippen LogP contribution in [0.25, 0.3) is 0 Å². The van der Waals surface area contributed by atoms with Crippen molar-refractivity contribution in [3.63, 3.8) is 0 Å². The lowest BCUT2D eigenvalue weighted by molar-refractivity contribution is 0.0162. The fourth-order valence-corrected chi connectivity index (χ4v) is 2.84. The van der Waals surface area contributed by atoms with Crippen LogP contribution in [0.15, 0.2) is 0 Å². The SMILES string of the molecule is CC(C)C1CC(NCCCOCC2CCCO2)C1. The van der Waals surface area contributed by atoms with Crippen molar-refractivity contribution >= 4 is 0 Å². The second kappa shape index (κ2) is 7.46. The molecule has 0 amide bonds. The molecule has 1 saturated heterocycles. The van der Waals surface area contributed by atoms with Gasteiger partial charge in [0.15, 0.2) is 0 Å². The summed E-state index contributed by atoms with van der Waals surface area (Å²) < 4.78 is 11.2. The number of ether oxygens (including phenoxy) is 2. The van der Waals surface area contributed by atoms with E-state index in [-0.39, 0.29) is 0 Å². The van der Waals surface area contributed by atoms with Gasteiger partial charge in [0.05, 0.1) is 12.7 Å². The maximum Gasteiger partial charge on any atom is 0.0809 e. The second-order valence-corrected chi connectivity index (χ2v) is 6.19. The Morgan fingerprint density at radius 3 is 2.83 bits per heavy atom. The molecule has 106 valence electrons. The quantitative estimate of drug-likeness (QED) is 0.676. The molecule has 0 aromatic carbocycles. The minimum atomic E-state index is 0.372. The minimum Gasteiger partial charge on any atom is -0.379 e. The van der Waals surface area contributed by atoms with Crippen LogP contribution >= 0.6 is 0 Å². The maximum atomic E-state index is 5.65. The highest BCUT2D eigenvalue weighted by Gasteiger charge is 2.30.